The van der Waals surface area contributed by atoms with Gasteiger partial charge in [-0.15, -0.1) is 0 Å². The maximum atomic E-state index is 14.3. The SMILES string of the molecule is COC1=NO[C@@]2(CC[C@H](C)N3C[C@H]2n2cc(C(=O)NCc4ccc(F)cc4F)c(=O)c(OC(=O)OCCCC(C)C)c2C3=O)C1. The van der Waals surface area contributed by atoms with Gasteiger partial charge in [0.05, 0.1) is 26.2 Å². The Kier molecular flexibility index (Phi) is 9.12. The summed E-state index contributed by atoms with van der Waals surface area (Å²) in [5, 5.41) is 6.55. The molecule has 242 valence electrons. The van der Waals surface area contributed by atoms with Gasteiger partial charge in [0, 0.05) is 37.0 Å². The highest BCUT2D eigenvalue weighted by molar-refractivity contribution is 6.00. The first kappa shape index (κ1) is 31.9. The first-order valence-electron chi connectivity index (χ1n) is 14.9. The highest BCUT2D eigenvalue weighted by atomic mass is 19.1. The molecule has 0 saturated carbocycles. The van der Waals surface area contributed by atoms with Crippen LogP contribution in [0.3, 0.4) is 0 Å². The molecule has 1 N–H and O–H groups in total. The number of amides is 2. The Morgan fingerprint density at radius 1 is 1.24 bits per heavy atom. The third kappa shape index (κ3) is 6.36. The molecule has 1 spiro atoms. The molecule has 0 radical (unpaired) electrons. The number of hydrogen-bond acceptors (Lipinski definition) is 9. The summed E-state index contributed by atoms with van der Waals surface area (Å²) in [6.45, 7) is 5.73. The molecule has 3 aliphatic heterocycles. The van der Waals surface area contributed by atoms with Crippen molar-refractivity contribution in [3.05, 3.63) is 63.1 Å². The Morgan fingerprint density at radius 2 is 2.02 bits per heavy atom. The van der Waals surface area contributed by atoms with Crippen molar-refractivity contribution < 1.29 is 42.2 Å². The number of rotatable bonds is 8. The predicted octanol–water partition coefficient (Wildman–Crippen LogP) is 4.31. The van der Waals surface area contributed by atoms with E-state index in [1.807, 2.05) is 20.8 Å². The summed E-state index contributed by atoms with van der Waals surface area (Å²) in [5.41, 5.74) is -2.76. The Balaban J connectivity index is 1.56. The van der Waals surface area contributed by atoms with E-state index < -0.39 is 58.0 Å². The molecule has 2 bridgehead atoms. The van der Waals surface area contributed by atoms with Gasteiger partial charge in [-0.1, -0.05) is 25.1 Å². The summed E-state index contributed by atoms with van der Waals surface area (Å²) in [6, 6.07) is 1.96. The van der Waals surface area contributed by atoms with Crippen LogP contribution in [0.4, 0.5) is 13.6 Å². The molecule has 5 rings (SSSR count). The van der Waals surface area contributed by atoms with Crippen molar-refractivity contribution in [2.75, 3.05) is 20.3 Å². The molecule has 2 amide bonds. The van der Waals surface area contributed by atoms with Crippen LogP contribution in [0, 0.1) is 17.6 Å². The number of nitrogens with zero attached hydrogens (tertiary/aromatic N) is 3. The Hall–Kier alpha value is -4.49. The smallest absolute Gasteiger partial charge is 0.482 e. The number of nitrogens with one attached hydrogen (secondary N) is 1. The van der Waals surface area contributed by atoms with Crippen LogP contribution in [0.15, 0.2) is 34.3 Å². The number of carbonyl (C=O) groups excluding carboxylic acids is 3. The second-order valence-corrected chi connectivity index (χ2v) is 12.0. The van der Waals surface area contributed by atoms with Crippen molar-refractivity contribution in [1.29, 1.82) is 0 Å². The Labute approximate surface area is 258 Å². The van der Waals surface area contributed by atoms with Crippen LogP contribution in [0.1, 0.15) is 85.3 Å². The van der Waals surface area contributed by atoms with Crippen LogP contribution in [-0.2, 0) is 20.9 Å². The number of carbonyl (C=O) groups is 3. The van der Waals surface area contributed by atoms with Gasteiger partial charge in [0.1, 0.15) is 17.2 Å². The average Bonchev–Trinajstić information content (AvgIpc) is 3.38. The minimum atomic E-state index is -1.20. The summed E-state index contributed by atoms with van der Waals surface area (Å²) in [4.78, 5) is 61.6. The van der Waals surface area contributed by atoms with Crippen LogP contribution >= 0.6 is 0 Å². The highest BCUT2D eigenvalue weighted by Crippen LogP contribution is 2.46. The zero-order valence-electron chi connectivity index (χ0n) is 25.6. The summed E-state index contributed by atoms with van der Waals surface area (Å²) in [7, 11) is 1.47. The number of methoxy groups -OCH3 is 1. The van der Waals surface area contributed by atoms with Gasteiger partial charge < -0.3 is 33.8 Å². The van der Waals surface area contributed by atoms with E-state index in [2.05, 4.69) is 10.5 Å². The molecule has 12 nitrogen and oxygen atoms in total. The van der Waals surface area contributed by atoms with E-state index in [9.17, 15) is 28.0 Å². The van der Waals surface area contributed by atoms with Crippen LogP contribution < -0.4 is 15.5 Å². The molecule has 0 aliphatic carbocycles. The molecule has 3 atom stereocenters. The summed E-state index contributed by atoms with van der Waals surface area (Å²) in [6.07, 6.45) is 2.62. The van der Waals surface area contributed by atoms with E-state index in [0.717, 1.165) is 12.5 Å². The van der Waals surface area contributed by atoms with Gasteiger partial charge in [0.2, 0.25) is 17.1 Å². The Morgan fingerprint density at radius 3 is 2.71 bits per heavy atom. The molecule has 45 heavy (non-hydrogen) atoms. The zero-order chi connectivity index (χ0) is 32.5. The van der Waals surface area contributed by atoms with Gasteiger partial charge in [-0.25, -0.2) is 13.6 Å². The van der Waals surface area contributed by atoms with Crippen molar-refractivity contribution in [2.24, 2.45) is 11.1 Å². The fourth-order valence-corrected chi connectivity index (χ4v) is 5.97. The molecule has 2 aromatic rings. The van der Waals surface area contributed by atoms with E-state index in [0.29, 0.717) is 37.1 Å². The van der Waals surface area contributed by atoms with Crippen molar-refractivity contribution >= 4 is 23.9 Å². The molecule has 4 heterocycles. The zero-order valence-corrected chi connectivity index (χ0v) is 25.6. The second-order valence-electron chi connectivity index (χ2n) is 12.0. The molecule has 14 heteroatoms. The van der Waals surface area contributed by atoms with Gasteiger partial charge in [-0.2, -0.15) is 0 Å². The van der Waals surface area contributed by atoms with Gasteiger partial charge in [0.15, 0.2) is 11.3 Å². The standard InChI is InChI=1S/C31H36F2N4O8/c1-17(2)6-5-11-43-30(41)44-27-25-29(40)36-16-23(31(10-9-18(36)3)13-24(42-4)35-45-31)37(25)15-21(26(27)38)28(39)34-14-19-7-8-20(32)12-22(19)33/h7-8,12,15,17-18,23H,5-6,9-11,13-14,16H2,1-4H3,(H,34,39)/t18-,23+,31-/m0/s1. The summed E-state index contributed by atoms with van der Waals surface area (Å²) in [5.74, 6) is -3.11. The molecule has 0 unspecified atom stereocenters. The first-order chi connectivity index (χ1) is 21.4. The van der Waals surface area contributed by atoms with Gasteiger partial charge in [0.25, 0.3) is 11.8 Å². The summed E-state index contributed by atoms with van der Waals surface area (Å²) >= 11 is 0. The number of halogens is 2. The summed E-state index contributed by atoms with van der Waals surface area (Å²) < 4.78 is 45.1. The van der Waals surface area contributed by atoms with Gasteiger partial charge in [-0.05, 0) is 44.6 Å². The number of fused-ring (bicyclic) bond motifs is 5. The van der Waals surface area contributed by atoms with Gasteiger partial charge >= 0.3 is 6.16 Å². The number of hydrogen-bond donors (Lipinski definition) is 1. The van der Waals surface area contributed by atoms with Crippen LogP contribution in [0.2, 0.25) is 0 Å². The number of ether oxygens (including phenoxy) is 3. The predicted molar refractivity (Wildman–Crippen MR) is 156 cm³/mol. The second kappa shape index (κ2) is 12.9. The Bertz CT molecular complexity index is 1590. The molecule has 3 aliphatic rings. The highest BCUT2D eigenvalue weighted by Gasteiger charge is 2.55. The lowest BCUT2D eigenvalue weighted by atomic mass is 9.85. The van der Waals surface area contributed by atoms with E-state index in [1.165, 1.54) is 23.9 Å². The lowest BCUT2D eigenvalue weighted by Crippen LogP contribution is -2.52. The molecule has 1 aromatic heterocycles. The van der Waals surface area contributed by atoms with Crippen LogP contribution in [0.5, 0.6) is 5.75 Å². The first-order valence-corrected chi connectivity index (χ1v) is 14.9. The molecule has 1 saturated heterocycles. The topological polar surface area (TPSA) is 138 Å². The lowest BCUT2D eigenvalue weighted by molar-refractivity contribution is -0.0655. The molecular weight excluding hydrogens is 594 g/mol. The molecule has 1 aromatic carbocycles. The van der Waals surface area contributed by atoms with Crippen molar-refractivity contribution in [3.8, 4) is 5.75 Å². The number of oxime groups is 1. The maximum absolute atomic E-state index is 14.3. The largest absolute Gasteiger partial charge is 0.514 e. The van der Waals surface area contributed by atoms with E-state index >= 15 is 0 Å². The van der Waals surface area contributed by atoms with E-state index in [4.69, 9.17) is 19.0 Å². The lowest BCUT2D eigenvalue weighted by Gasteiger charge is -2.41. The normalized spacial score (nSPS) is 22.0. The number of pyridine rings is 1. The number of benzene rings is 1. The van der Waals surface area contributed by atoms with Crippen molar-refractivity contribution in [1.82, 2.24) is 14.8 Å². The third-order valence-corrected chi connectivity index (χ3v) is 8.53. The molecular formula is C31H36F2N4O8. The minimum Gasteiger partial charge on any atom is -0.482 e. The molecule has 1 fully saturated rings. The average molecular weight is 631 g/mol. The number of aromatic nitrogens is 1. The fraction of sp³-hybridized carbons (Fsp3) is 0.516. The van der Waals surface area contributed by atoms with Crippen molar-refractivity contribution in [3.63, 3.8) is 0 Å². The van der Waals surface area contributed by atoms with E-state index in [1.54, 1.807) is 4.90 Å². The van der Waals surface area contributed by atoms with Crippen molar-refractivity contribution in [2.45, 2.75) is 77.1 Å². The third-order valence-electron chi connectivity index (χ3n) is 8.53. The monoisotopic (exact) mass is 630 g/mol. The van der Waals surface area contributed by atoms with Crippen LogP contribution in [-0.4, -0.2) is 65.2 Å². The van der Waals surface area contributed by atoms with Gasteiger partial charge in [-0.3, -0.25) is 14.4 Å². The maximum Gasteiger partial charge on any atom is 0.514 e. The van der Waals surface area contributed by atoms with E-state index in [-0.39, 0.29) is 43.4 Å². The minimum absolute atomic E-state index is 0.0182. The quantitative estimate of drug-likeness (QED) is 0.337. The van der Waals surface area contributed by atoms with Crippen LogP contribution in [0.25, 0.3) is 0 Å². The fourth-order valence-electron chi connectivity index (χ4n) is 5.97.